The van der Waals surface area contributed by atoms with Crippen molar-refractivity contribution in [3.63, 3.8) is 0 Å². The van der Waals surface area contributed by atoms with Gasteiger partial charge in [-0.05, 0) is 31.2 Å². The maximum atomic E-state index is 5.76. The van der Waals surface area contributed by atoms with Gasteiger partial charge in [0.05, 0.1) is 0 Å². The SMILES string of the molecule is CCCCN(CCBr)CCOc1cccc(Br)c1. The minimum atomic E-state index is 0.743. The van der Waals surface area contributed by atoms with Crippen LogP contribution >= 0.6 is 31.9 Å². The summed E-state index contributed by atoms with van der Waals surface area (Å²) in [5, 5.41) is 1.02. The summed E-state index contributed by atoms with van der Waals surface area (Å²) in [6, 6.07) is 7.99. The Morgan fingerprint density at radius 2 is 2.06 bits per heavy atom. The predicted octanol–water partition coefficient (Wildman–Crippen LogP) is 4.32. The monoisotopic (exact) mass is 377 g/mol. The number of hydrogen-bond acceptors (Lipinski definition) is 2. The fourth-order valence-corrected chi connectivity index (χ4v) is 2.57. The molecule has 1 rings (SSSR count). The van der Waals surface area contributed by atoms with Crippen molar-refractivity contribution in [1.82, 2.24) is 4.90 Å². The average molecular weight is 379 g/mol. The van der Waals surface area contributed by atoms with Gasteiger partial charge >= 0.3 is 0 Å². The highest BCUT2D eigenvalue weighted by Gasteiger charge is 2.03. The quantitative estimate of drug-likeness (QED) is 0.593. The van der Waals surface area contributed by atoms with E-state index in [-0.39, 0.29) is 0 Å². The Morgan fingerprint density at radius 3 is 2.72 bits per heavy atom. The Balaban J connectivity index is 2.29. The van der Waals surface area contributed by atoms with Crippen molar-refractivity contribution < 1.29 is 4.74 Å². The maximum Gasteiger partial charge on any atom is 0.120 e. The van der Waals surface area contributed by atoms with E-state index >= 15 is 0 Å². The van der Waals surface area contributed by atoms with E-state index in [9.17, 15) is 0 Å². The minimum Gasteiger partial charge on any atom is -0.492 e. The molecule has 0 saturated carbocycles. The van der Waals surface area contributed by atoms with E-state index < -0.39 is 0 Å². The van der Waals surface area contributed by atoms with Crippen LogP contribution in [0.2, 0.25) is 0 Å². The van der Waals surface area contributed by atoms with Crippen molar-refractivity contribution in [2.75, 3.05) is 31.6 Å². The lowest BCUT2D eigenvalue weighted by atomic mass is 10.3. The lowest BCUT2D eigenvalue weighted by molar-refractivity contribution is 0.215. The van der Waals surface area contributed by atoms with Gasteiger partial charge in [-0.25, -0.2) is 0 Å². The number of ether oxygens (including phenoxy) is 1. The molecular weight excluding hydrogens is 358 g/mol. The smallest absolute Gasteiger partial charge is 0.120 e. The van der Waals surface area contributed by atoms with Crippen LogP contribution in [0.3, 0.4) is 0 Å². The van der Waals surface area contributed by atoms with Gasteiger partial charge in [-0.2, -0.15) is 0 Å². The first-order chi connectivity index (χ1) is 8.76. The van der Waals surface area contributed by atoms with E-state index in [1.807, 2.05) is 24.3 Å². The van der Waals surface area contributed by atoms with Gasteiger partial charge in [0.1, 0.15) is 12.4 Å². The molecule has 0 fully saturated rings. The fraction of sp³-hybridized carbons (Fsp3) is 0.571. The zero-order valence-corrected chi connectivity index (χ0v) is 14.0. The molecule has 4 heteroatoms. The van der Waals surface area contributed by atoms with Gasteiger partial charge in [0, 0.05) is 22.9 Å². The Hall–Kier alpha value is -0.0600. The van der Waals surface area contributed by atoms with Crippen LogP contribution in [-0.4, -0.2) is 36.5 Å². The van der Waals surface area contributed by atoms with E-state index in [0.717, 1.165) is 41.8 Å². The standard InChI is InChI=1S/C14H21Br2NO/c1-2-3-8-17(9-7-15)10-11-18-14-6-4-5-13(16)12-14/h4-6,12H,2-3,7-11H2,1H3. The first-order valence-corrected chi connectivity index (χ1v) is 8.34. The summed E-state index contributed by atoms with van der Waals surface area (Å²) in [5.41, 5.74) is 0. The second-order valence-electron chi connectivity index (χ2n) is 4.19. The third kappa shape index (κ3) is 6.76. The fourth-order valence-electron chi connectivity index (χ4n) is 1.69. The summed E-state index contributed by atoms with van der Waals surface area (Å²) in [6.07, 6.45) is 2.50. The highest BCUT2D eigenvalue weighted by Crippen LogP contribution is 2.17. The highest BCUT2D eigenvalue weighted by molar-refractivity contribution is 9.10. The van der Waals surface area contributed by atoms with Crippen LogP contribution in [0.5, 0.6) is 5.75 Å². The van der Waals surface area contributed by atoms with E-state index in [4.69, 9.17) is 4.74 Å². The Labute approximate surface area is 127 Å². The molecule has 1 aromatic carbocycles. The Kier molecular flexibility index (Phi) is 8.72. The molecule has 0 spiro atoms. The molecular formula is C14H21Br2NO. The largest absolute Gasteiger partial charge is 0.492 e. The van der Waals surface area contributed by atoms with Crippen molar-refractivity contribution in [3.05, 3.63) is 28.7 Å². The van der Waals surface area contributed by atoms with Gasteiger partial charge in [-0.15, -0.1) is 0 Å². The lowest BCUT2D eigenvalue weighted by Gasteiger charge is -2.21. The van der Waals surface area contributed by atoms with Gasteiger partial charge in [-0.1, -0.05) is 51.3 Å². The third-order valence-corrected chi connectivity index (χ3v) is 3.55. The molecule has 0 aromatic heterocycles. The normalized spacial score (nSPS) is 10.9. The molecule has 0 heterocycles. The van der Waals surface area contributed by atoms with Gasteiger partial charge < -0.3 is 4.74 Å². The zero-order valence-electron chi connectivity index (χ0n) is 10.9. The van der Waals surface area contributed by atoms with Crippen molar-refractivity contribution >= 4 is 31.9 Å². The van der Waals surface area contributed by atoms with Gasteiger partial charge in [0.25, 0.3) is 0 Å². The molecule has 1 aromatic rings. The van der Waals surface area contributed by atoms with E-state index in [2.05, 4.69) is 43.7 Å². The molecule has 2 nitrogen and oxygen atoms in total. The topological polar surface area (TPSA) is 12.5 Å². The lowest BCUT2D eigenvalue weighted by Crippen LogP contribution is -2.31. The number of nitrogens with zero attached hydrogens (tertiary/aromatic N) is 1. The predicted molar refractivity (Wildman–Crippen MR) is 84.8 cm³/mol. The molecule has 0 radical (unpaired) electrons. The molecule has 0 aliphatic heterocycles. The minimum absolute atomic E-state index is 0.743. The van der Waals surface area contributed by atoms with E-state index in [1.165, 1.54) is 12.8 Å². The first-order valence-electron chi connectivity index (χ1n) is 6.43. The van der Waals surface area contributed by atoms with Gasteiger partial charge in [-0.3, -0.25) is 4.90 Å². The van der Waals surface area contributed by atoms with E-state index in [1.54, 1.807) is 0 Å². The van der Waals surface area contributed by atoms with Crippen LogP contribution < -0.4 is 4.74 Å². The molecule has 0 atom stereocenters. The summed E-state index contributed by atoms with van der Waals surface area (Å²) in [6.45, 7) is 6.20. The molecule has 0 amide bonds. The molecule has 0 aliphatic carbocycles. The second kappa shape index (κ2) is 9.82. The summed E-state index contributed by atoms with van der Waals surface area (Å²) in [5.74, 6) is 0.929. The van der Waals surface area contributed by atoms with Crippen molar-refractivity contribution in [2.45, 2.75) is 19.8 Å². The Bertz CT molecular complexity index is 333. The molecule has 0 aliphatic rings. The van der Waals surface area contributed by atoms with Crippen molar-refractivity contribution in [1.29, 1.82) is 0 Å². The van der Waals surface area contributed by atoms with Crippen LogP contribution in [0.1, 0.15) is 19.8 Å². The maximum absolute atomic E-state index is 5.76. The number of benzene rings is 1. The summed E-state index contributed by atoms with van der Waals surface area (Å²) in [4.78, 5) is 2.44. The summed E-state index contributed by atoms with van der Waals surface area (Å²) >= 11 is 6.95. The van der Waals surface area contributed by atoms with Crippen LogP contribution in [-0.2, 0) is 0 Å². The van der Waals surface area contributed by atoms with Crippen molar-refractivity contribution in [3.8, 4) is 5.75 Å². The molecule has 0 saturated heterocycles. The Morgan fingerprint density at radius 1 is 1.22 bits per heavy atom. The number of alkyl halides is 1. The van der Waals surface area contributed by atoms with E-state index in [0.29, 0.717) is 0 Å². The van der Waals surface area contributed by atoms with Crippen molar-refractivity contribution in [2.24, 2.45) is 0 Å². The number of rotatable bonds is 9. The molecule has 102 valence electrons. The van der Waals surface area contributed by atoms with Crippen LogP contribution in [0.4, 0.5) is 0 Å². The van der Waals surface area contributed by atoms with Gasteiger partial charge in [0.2, 0.25) is 0 Å². The number of unbranched alkanes of at least 4 members (excludes halogenated alkanes) is 1. The van der Waals surface area contributed by atoms with Crippen LogP contribution in [0, 0.1) is 0 Å². The molecule has 0 bridgehead atoms. The molecule has 0 N–H and O–H groups in total. The number of hydrogen-bond donors (Lipinski definition) is 0. The first kappa shape index (κ1) is 16.0. The van der Waals surface area contributed by atoms with Crippen LogP contribution in [0.15, 0.2) is 28.7 Å². The molecule has 0 unspecified atom stereocenters. The summed E-state index contributed by atoms with van der Waals surface area (Å²) in [7, 11) is 0. The zero-order chi connectivity index (χ0) is 13.2. The van der Waals surface area contributed by atoms with Crippen LogP contribution in [0.25, 0.3) is 0 Å². The molecule has 18 heavy (non-hydrogen) atoms. The average Bonchev–Trinajstić information content (AvgIpc) is 2.36. The van der Waals surface area contributed by atoms with Gasteiger partial charge in [0.15, 0.2) is 0 Å². The third-order valence-electron chi connectivity index (χ3n) is 2.70. The summed E-state index contributed by atoms with van der Waals surface area (Å²) < 4.78 is 6.82. The second-order valence-corrected chi connectivity index (χ2v) is 5.90. The highest BCUT2D eigenvalue weighted by atomic mass is 79.9. The number of halogens is 2.